The molecule has 0 aliphatic carbocycles. The smallest absolute Gasteiger partial charge is 0.135 e. The molecule has 0 saturated heterocycles. The van der Waals surface area contributed by atoms with Gasteiger partial charge in [-0.05, 0) is 132 Å². The van der Waals surface area contributed by atoms with E-state index in [1.165, 1.54) is 71.3 Å². The fourth-order valence-corrected chi connectivity index (χ4v) is 9.52. The molecule has 0 radical (unpaired) electrons. The molecular formula is C62H41NO. The molecule has 0 aliphatic heterocycles. The van der Waals surface area contributed by atoms with Gasteiger partial charge < -0.3 is 9.32 Å². The summed E-state index contributed by atoms with van der Waals surface area (Å²) in [5.41, 5.74) is 14.7. The van der Waals surface area contributed by atoms with E-state index in [1.807, 2.05) is 12.1 Å². The van der Waals surface area contributed by atoms with Gasteiger partial charge in [-0.1, -0.05) is 188 Å². The van der Waals surface area contributed by atoms with E-state index in [0.29, 0.717) is 0 Å². The van der Waals surface area contributed by atoms with Crippen LogP contribution in [0.25, 0.3) is 99.1 Å². The largest absolute Gasteiger partial charge is 0.456 e. The highest BCUT2D eigenvalue weighted by molar-refractivity contribution is 6.14. The number of fused-ring (bicyclic) bond motifs is 5. The second-order valence-corrected chi connectivity index (χ2v) is 16.5. The van der Waals surface area contributed by atoms with E-state index < -0.39 is 0 Å². The zero-order valence-corrected chi connectivity index (χ0v) is 35.0. The van der Waals surface area contributed by atoms with Gasteiger partial charge in [-0.15, -0.1) is 0 Å². The summed E-state index contributed by atoms with van der Waals surface area (Å²) in [6.07, 6.45) is 0. The van der Waals surface area contributed by atoms with E-state index in [2.05, 4.69) is 241 Å². The molecule has 1 aromatic heterocycles. The predicted octanol–water partition coefficient (Wildman–Crippen LogP) is 17.7. The van der Waals surface area contributed by atoms with E-state index in [4.69, 9.17) is 4.42 Å². The zero-order chi connectivity index (χ0) is 42.4. The average Bonchev–Trinajstić information content (AvgIpc) is 3.82. The summed E-state index contributed by atoms with van der Waals surface area (Å²) in [7, 11) is 0. The molecule has 0 bridgehead atoms. The molecule has 11 aromatic carbocycles. The molecule has 2 heteroatoms. The van der Waals surface area contributed by atoms with Crippen LogP contribution in [0, 0.1) is 0 Å². The van der Waals surface area contributed by atoms with Crippen LogP contribution in [0.15, 0.2) is 253 Å². The molecule has 0 N–H and O–H groups in total. The standard InChI is InChI=1S/C62H41NO/c1-2-14-42(15-3-1)45-18-12-19-46(38-45)43-28-32-51(33-29-43)63(52-34-30-44(31-35-52)59-40-48-16-4-6-22-53(48)55-23-7-8-25-57(55)59)60-37-36-54(56-24-9-10-26-58(56)60)47-20-13-21-49(39-47)62-41-50-17-5-11-27-61(50)64-62/h1-41H. The summed E-state index contributed by atoms with van der Waals surface area (Å²) in [6, 6.07) is 89.7. The lowest BCUT2D eigenvalue weighted by Crippen LogP contribution is -2.10. The Morgan fingerprint density at radius 3 is 1.50 bits per heavy atom. The number of anilines is 3. The third kappa shape index (κ3) is 6.70. The minimum atomic E-state index is 0.866. The van der Waals surface area contributed by atoms with Crippen molar-refractivity contribution in [2.45, 2.75) is 0 Å². The normalized spacial score (nSPS) is 11.4. The van der Waals surface area contributed by atoms with Crippen LogP contribution >= 0.6 is 0 Å². The van der Waals surface area contributed by atoms with Gasteiger partial charge in [-0.2, -0.15) is 0 Å². The van der Waals surface area contributed by atoms with Crippen molar-refractivity contribution in [2.75, 3.05) is 4.90 Å². The van der Waals surface area contributed by atoms with Crippen LogP contribution in [-0.2, 0) is 0 Å². The average molecular weight is 816 g/mol. The van der Waals surface area contributed by atoms with Gasteiger partial charge in [0.2, 0.25) is 0 Å². The Morgan fingerprint density at radius 1 is 0.266 bits per heavy atom. The number of nitrogens with zero attached hydrogens (tertiary/aromatic N) is 1. The van der Waals surface area contributed by atoms with Crippen molar-refractivity contribution in [3.8, 4) is 55.8 Å². The van der Waals surface area contributed by atoms with Crippen molar-refractivity contribution in [1.82, 2.24) is 0 Å². The first-order valence-corrected chi connectivity index (χ1v) is 21.9. The maximum Gasteiger partial charge on any atom is 0.135 e. The molecule has 0 spiro atoms. The Kier molecular flexibility index (Phi) is 9.20. The van der Waals surface area contributed by atoms with Crippen LogP contribution in [0.3, 0.4) is 0 Å². The molecule has 64 heavy (non-hydrogen) atoms. The number of hydrogen-bond donors (Lipinski definition) is 0. The van der Waals surface area contributed by atoms with Crippen molar-refractivity contribution < 1.29 is 4.42 Å². The second-order valence-electron chi connectivity index (χ2n) is 16.5. The Labute approximate surface area is 372 Å². The van der Waals surface area contributed by atoms with E-state index in [-0.39, 0.29) is 0 Å². The summed E-state index contributed by atoms with van der Waals surface area (Å²) >= 11 is 0. The quantitative estimate of drug-likeness (QED) is 0.142. The Hall–Kier alpha value is -8.46. The van der Waals surface area contributed by atoms with Crippen LogP contribution in [0.5, 0.6) is 0 Å². The molecule has 0 saturated carbocycles. The van der Waals surface area contributed by atoms with Gasteiger partial charge in [0.25, 0.3) is 0 Å². The molecular weight excluding hydrogens is 775 g/mol. The molecule has 12 aromatic rings. The lowest BCUT2D eigenvalue weighted by Gasteiger charge is -2.28. The Bertz CT molecular complexity index is 3620. The van der Waals surface area contributed by atoms with Crippen molar-refractivity contribution in [3.63, 3.8) is 0 Å². The summed E-state index contributed by atoms with van der Waals surface area (Å²) in [5, 5.41) is 8.49. The van der Waals surface area contributed by atoms with Crippen LogP contribution in [0.1, 0.15) is 0 Å². The van der Waals surface area contributed by atoms with Crippen LogP contribution in [0.4, 0.5) is 17.1 Å². The second kappa shape index (κ2) is 15.8. The maximum atomic E-state index is 6.31. The zero-order valence-electron chi connectivity index (χ0n) is 35.0. The lowest BCUT2D eigenvalue weighted by atomic mass is 9.93. The Balaban J connectivity index is 0.980. The van der Waals surface area contributed by atoms with Crippen molar-refractivity contribution >= 4 is 60.3 Å². The predicted molar refractivity (Wildman–Crippen MR) is 271 cm³/mol. The van der Waals surface area contributed by atoms with Gasteiger partial charge in [-0.3, -0.25) is 0 Å². The fourth-order valence-electron chi connectivity index (χ4n) is 9.52. The van der Waals surface area contributed by atoms with Crippen molar-refractivity contribution in [2.24, 2.45) is 0 Å². The monoisotopic (exact) mass is 815 g/mol. The number of hydrogen-bond acceptors (Lipinski definition) is 2. The highest BCUT2D eigenvalue weighted by atomic mass is 16.3. The molecule has 12 rings (SSSR count). The Morgan fingerprint density at radius 2 is 0.781 bits per heavy atom. The number of para-hydroxylation sites is 1. The lowest BCUT2D eigenvalue weighted by molar-refractivity contribution is 0.631. The van der Waals surface area contributed by atoms with Gasteiger partial charge in [0.1, 0.15) is 11.3 Å². The minimum Gasteiger partial charge on any atom is -0.456 e. The highest BCUT2D eigenvalue weighted by Gasteiger charge is 2.19. The van der Waals surface area contributed by atoms with E-state index in [0.717, 1.165) is 44.9 Å². The van der Waals surface area contributed by atoms with Crippen molar-refractivity contribution in [1.29, 1.82) is 0 Å². The van der Waals surface area contributed by atoms with E-state index >= 15 is 0 Å². The molecule has 0 unspecified atom stereocenters. The molecule has 0 amide bonds. The topological polar surface area (TPSA) is 16.4 Å². The SMILES string of the molecule is c1ccc(-c2cccc(-c3ccc(N(c4ccc(-c5cc6ccccc6c6ccccc56)cc4)c4ccc(-c5cccc(-c6cc7ccccc7o6)c5)c5ccccc45)cc3)c2)cc1. The summed E-state index contributed by atoms with van der Waals surface area (Å²) in [6.45, 7) is 0. The maximum absolute atomic E-state index is 6.31. The molecule has 0 atom stereocenters. The molecule has 2 nitrogen and oxygen atoms in total. The fraction of sp³-hybridized carbons (Fsp3) is 0. The molecule has 300 valence electrons. The molecule has 0 aliphatic rings. The van der Waals surface area contributed by atoms with E-state index in [9.17, 15) is 0 Å². The number of furan rings is 1. The van der Waals surface area contributed by atoms with Crippen LogP contribution in [-0.4, -0.2) is 0 Å². The van der Waals surface area contributed by atoms with Crippen LogP contribution < -0.4 is 4.90 Å². The van der Waals surface area contributed by atoms with Crippen LogP contribution in [0.2, 0.25) is 0 Å². The first kappa shape index (κ1) is 37.3. The minimum absolute atomic E-state index is 0.866. The summed E-state index contributed by atoms with van der Waals surface area (Å²) < 4.78 is 6.31. The third-order valence-electron chi connectivity index (χ3n) is 12.7. The number of rotatable bonds is 8. The number of benzene rings is 11. The molecule has 1 heterocycles. The van der Waals surface area contributed by atoms with Crippen molar-refractivity contribution in [3.05, 3.63) is 249 Å². The summed E-state index contributed by atoms with van der Waals surface area (Å²) in [4.78, 5) is 2.41. The van der Waals surface area contributed by atoms with E-state index in [1.54, 1.807) is 0 Å². The van der Waals surface area contributed by atoms with Gasteiger partial charge in [0.05, 0.1) is 5.69 Å². The first-order valence-electron chi connectivity index (χ1n) is 21.9. The molecule has 0 fully saturated rings. The van der Waals surface area contributed by atoms with Gasteiger partial charge in [0, 0.05) is 27.7 Å². The first-order chi connectivity index (χ1) is 31.7. The van der Waals surface area contributed by atoms with Gasteiger partial charge >= 0.3 is 0 Å². The van der Waals surface area contributed by atoms with Gasteiger partial charge in [0.15, 0.2) is 0 Å². The third-order valence-corrected chi connectivity index (χ3v) is 12.7. The highest BCUT2D eigenvalue weighted by Crippen LogP contribution is 2.44. The van der Waals surface area contributed by atoms with Gasteiger partial charge in [-0.25, -0.2) is 0 Å². The summed E-state index contributed by atoms with van der Waals surface area (Å²) in [5.74, 6) is 0.866.